The normalized spacial score (nSPS) is 19.1. The van der Waals surface area contributed by atoms with Gasteiger partial charge in [-0.05, 0) is 59.1 Å². The van der Waals surface area contributed by atoms with Gasteiger partial charge in [-0.15, -0.1) is 0 Å². The zero-order chi connectivity index (χ0) is 27.4. The zero-order valence-corrected chi connectivity index (χ0v) is 21.0. The first kappa shape index (κ1) is 29.3. The lowest BCUT2D eigenvalue weighted by molar-refractivity contribution is -0.134. The summed E-state index contributed by atoms with van der Waals surface area (Å²) in [6.45, 7) is 6.83. The molecule has 0 unspecified atom stereocenters. The number of ether oxygens (including phenoxy) is 1. The van der Waals surface area contributed by atoms with Gasteiger partial charge < -0.3 is 25.4 Å². The average molecular weight is 520 g/mol. The number of halogens is 4. The van der Waals surface area contributed by atoms with E-state index in [-0.39, 0.29) is 31.5 Å². The molecule has 0 aromatic heterocycles. The van der Waals surface area contributed by atoms with Crippen LogP contribution in [0.2, 0.25) is 0 Å². The summed E-state index contributed by atoms with van der Waals surface area (Å²) >= 11 is 0. The topological polar surface area (TPSA) is 108 Å². The maximum atomic E-state index is 14.3. The number of alkyl halides is 1. The van der Waals surface area contributed by atoms with E-state index in [0.29, 0.717) is 12.1 Å². The van der Waals surface area contributed by atoms with Crippen LogP contribution >= 0.6 is 0 Å². The minimum absolute atomic E-state index is 0.0723. The number of alkyl carbamates (subject to hydrolysis) is 1. The number of likely N-dealkylation sites (tertiary alicyclic amines) is 1. The minimum atomic E-state index is -2.14. The molecular weight excluding hydrogens is 486 g/mol. The van der Waals surface area contributed by atoms with Crippen molar-refractivity contribution in [1.29, 1.82) is 0 Å². The Labute approximate surface area is 207 Å². The second kappa shape index (κ2) is 11.4. The number of hydrogen-bond donors (Lipinski definition) is 3. The third-order valence-corrected chi connectivity index (χ3v) is 5.45. The lowest BCUT2D eigenvalue weighted by atomic mass is 10.0. The molecule has 0 spiro atoms. The van der Waals surface area contributed by atoms with Gasteiger partial charge in [0.1, 0.15) is 11.4 Å². The van der Waals surface area contributed by atoms with Gasteiger partial charge in [0.2, 0.25) is 5.91 Å². The van der Waals surface area contributed by atoms with E-state index in [2.05, 4.69) is 10.6 Å². The number of benzene rings is 1. The van der Waals surface area contributed by atoms with Gasteiger partial charge in [-0.2, -0.15) is 0 Å². The van der Waals surface area contributed by atoms with Gasteiger partial charge in [0, 0.05) is 31.6 Å². The van der Waals surface area contributed by atoms with Crippen molar-refractivity contribution < 1.29 is 41.8 Å². The van der Waals surface area contributed by atoms with Gasteiger partial charge >= 0.3 is 6.09 Å². The van der Waals surface area contributed by atoms with Crippen LogP contribution < -0.4 is 10.6 Å². The molecule has 0 aliphatic carbocycles. The molecule has 202 valence electrons. The first-order valence-corrected chi connectivity index (χ1v) is 11.5. The highest BCUT2D eigenvalue weighted by Gasteiger charge is 2.37. The second-order valence-electron chi connectivity index (χ2n) is 10.4. The van der Waals surface area contributed by atoms with Gasteiger partial charge in [0.05, 0.1) is 12.1 Å². The molecule has 1 aromatic carbocycles. The van der Waals surface area contributed by atoms with Crippen molar-refractivity contribution in [1.82, 2.24) is 15.5 Å². The number of nitrogens with one attached hydrogen (secondary N) is 2. The molecular formula is C24H33F4N3O5. The third kappa shape index (κ3) is 8.65. The summed E-state index contributed by atoms with van der Waals surface area (Å²) in [7, 11) is 0. The number of amides is 3. The molecule has 36 heavy (non-hydrogen) atoms. The fourth-order valence-corrected chi connectivity index (χ4v) is 3.77. The Bertz CT molecular complexity index is 978. The molecule has 0 radical (unpaired) electrons. The molecule has 3 N–H and O–H groups in total. The molecule has 3 amide bonds. The highest BCUT2D eigenvalue weighted by Crippen LogP contribution is 2.22. The Kier molecular flexibility index (Phi) is 9.33. The van der Waals surface area contributed by atoms with Crippen molar-refractivity contribution >= 4 is 17.9 Å². The largest absolute Gasteiger partial charge is 0.444 e. The standard InChI is InChI=1S/C24H33F4N3O5/c1-23(2,3)36-22(35)30-14(6-13-7-18(26)19(27)10-17(13)25)8-20(33)31-12-16(32)9-15(31)11-29-21(34)24(4,5)28/h7,10,14-16,32H,6,8-9,11-12H2,1-5H3,(H,29,34)(H,30,35)/t14-,15+,16-/m1/s1. The molecule has 1 saturated heterocycles. The fourth-order valence-electron chi connectivity index (χ4n) is 3.77. The summed E-state index contributed by atoms with van der Waals surface area (Å²) in [6.07, 6.45) is -2.43. The van der Waals surface area contributed by atoms with E-state index in [1.54, 1.807) is 20.8 Å². The lowest BCUT2D eigenvalue weighted by Crippen LogP contribution is -2.49. The first-order valence-electron chi connectivity index (χ1n) is 11.5. The van der Waals surface area contributed by atoms with Crippen LogP contribution in [-0.4, -0.2) is 70.5 Å². The molecule has 8 nitrogen and oxygen atoms in total. The number of rotatable bonds is 8. The van der Waals surface area contributed by atoms with E-state index >= 15 is 0 Å². The maximum absolute atomic E-state index is 14.3. The van der Waals surface area contributed by atoms with Crippen LogP contribution in [0.25, 0.3) is 0 Å². The highest BCUT2D eigenvalue weighted by atomic mass is 19.2. The molecule has 1 fully saturated rings. The predicted molar refractivity (Wildman–Crippen MR) is 122 cm³/mol. The van der Waals surface area contributed by atoms with E-state index in [1.807, 2.05) is 0 Å². The smallest absolute Gasteiger partial charge is 0.407 e. The van der Waals surface area contributed by atoms with Crippen molar-refractivity contribution in [3.05, 3.63) is 35.1 Å². The number of aliphatic hydroxyl groups is 1. The number of hydrogen-bond acceptors (Lipinski definition) is 5. The summed E-state index contributed by atoms with van der Waals surface area (Å²) in [6, 6.07) is -0.709. The molecule has 12 heteroatoms. The van der Waals surface area contributed by atoms with Crippen LogP contribution in [-0.2, 0) is 20.7 Å². The Morgan fingerprint density at radius 2 is 1.72 bits per heavy atom. The zero-order valence-electron chi connectivity index (χ0n) is 21.0. The van der Waals surface area contributed by atoms with Crippen molar-refractivity contribution in [3.8, 4) is 0 Å². The molecule has 3 atom stereocenters. The van der Waals surface area contributed by atoms with Crippen LogP contribution in [0.15, 0.2) is 12.1 Å². The summed E-state index contributed by atoms with van der Waals surface area (Å²) in [4.78, 5) is 38.6. The van der Waals surface area contributed by atoms with E-state index in [0.717, 1.165) is 13.8 Å². The van der Waals surface area contributed by atoms with Crippen molar-refractivity contribution in [2.45, 2.75) is 83.3 Å². The van der Waals surface area contributed by atoms with Crippen molar-refractivity contribution in [3.63, 3.8) is 0 Å². The Balaban J connectivity index is 2.19. The monoisotopic (exact) mass is 519 g/mol. The molecule has 0 saturated carbocycles. The summed E-state index contributed by atoms with van der Waals surface area (Å²) < 4.78 is 60.3. The van der Waals surface area contributed by atoms with E-state index in [1.165, 1.54) is 4.90 Å². The highest BCUT2D eigenvalue weighted by molar-refractivity contribution is 5.84. The van der Waals surface area contributed by atoms with E-state index < -0.39 is 71.2 Å². The van der Waals surface area contributed by atoms with Gasteiger partial charge in [-0.3, -0.25) is 9.59 Å². The number of β-amino-alcohol motifs (C(OH)–C–C–N with tert-alkyl or cyclic N) is 1. The van der Waals surface area contributed by atoms with Crippen LogP contribution in [0, 0.1) is 17.5 Å². The van der Waals surface area contributed by atoms with Gasteiger partial charge in [-0.1, -0.05) is 0 Å². The van der Waals surface area contributed by atoms with Crippen LogP contribution in [0.1, 0.15) is 53.0 Å². The predicted octanol–water partition coefficient (Wildman–Crippen LogP) is 2.76. The van der Waals surface area contributed by atoms with Gasteiger partial charge in [0.25, 0.3) is 5.91 Å². The van der Waals surface area contributed by atoms with Crippen molar-refractivity contribution in [2.24, 2.45) is 0 Å². The molecule has 0 bridgehead atoms. The van der Waals surface area contributed by atoms with Crippen LogP contribution in [0.3, 0.4) is 0 Å². The number of carbonyl (C=O) groups is 3. The van der Waals surface area contributed by atoms with Crippen molar-refractivity contribution in [2.75, 3.05) is 13.1 Å². The molecule has 2 rings (SSSR count). The van der Waals surface area contributed by atoms with Gasteiger partial charge in [-0.25, -0.2) is 22.4 Å². The molecule has 1 heterocycles. The minimum Gasteiger partial charge on any atom is -0.444 e. The number of aliphatic hydroxyl groups excluding tert-OH is 1. The first-order chi connectivity index (χ1) is 16.5. The SMILES string of the molecule is CC(C)(C)OC(=O)N[C@@H](CC(=O)N1C[C@H](O)C[C@H]1CNC(=O)C(C)(C)F)Cc1cc(F)c(F)cc1F. The number of carbonyl (C=O) groups excluding carboxylic acids is 3. The molecule has 1 aromatic rings. The lowest BCUT2D eigenvalue weighted by Gasteiger charge is -2.28. The van der Waals surface area contributed by atoms with Crippen LogP contribution in [0.4, 0.5) is 22.4 Å². The van der Waals surface area contributed by atoms with Crippen LogP contribution in [0.5, 0.6) is 0 Å². The average Bonchev–Trinajstić information content (AvgIpc) is 3.08. The number of nitrogens with zero attached hydrogens (tertiary/aromatic N) is 1. The Hall–Kier alpha value is -2.89. The van der Waals surface area contributed by atoms with E-state index in [9.17, 15) is 37.1 Å². The fraction of sp³-hybridized carbons (Fsp3) is 0.625. The van der Waals surface area contributed by atoms with Gasteiger partial charge in [0.15, 0.2) is 17.3 Å². The molecule has 1 aliphatic rings. The summed E-state index contributed by atoms with van der Waals surface area (Å²) in [5.41, 5.74) is -3.28. The second-order valence-corrected chi connectivity index (χ2v) is 10.4. The quantitative estimate of drug-likeness (QED) is 0.362. The Morgan fingerprint density at radius 1 is 1.11 bits per heavy atom. The summed E-state index contributed by atoms with van der Waals surface area (Å²) in [5.74, 6) is -5.16. The third-order valence-electron chi connectivity index (χ3n) is 5.45. The Morgan fingerprint density at radius 3 is 2.31 bits per heavy atom. The summed E-state index contributed by atoms with van der Waals surface area (Å²) in [5, 5.41) is 14.9. The maximum Gasteiger partial charge on any atom is 0.407 e. The van der Waals surface area contributed by atoms with E-state index in [4.69, 9.17) is 4.74 Å². The molecule has 1 aliphatic heterocycles.